The van der Waals surface area contributed by atoms with Crippen molar-refractivity contribution in [2.45, 2.75) is 5.38 Å². The number of hydrogen-bond donors (Lipinski definition) is 1. The van der Waals surface area contributed by atoms with Gasteiger partial charge in [-0.05, 0) is 11.1 Å². The second-order valence-electron chi connectivity index (χ2n) is 2.57. The van der Waals surface area contributed by atoms with E-state index in [0.29, 0.717) is 5.56 Å². The first-order chi connectivity index (χ1) is 6.15. The molecule has 1 atom stereocenters. The maximum Gasteiger partial charge on any atom is 0.326 e. The van der Waals surface area contributed by atoms with Gasteiger partial charge < -0.3 is 5.11 Å². The molecule has 0 spiro atoms. The topological polar surface area (TPSA) is 37.3 Å². The summed E-state index contributed by atoms with van der Waals surface area (Å²) in [5, 5.41) is 7.64. The van der Waals surface area contributed by atoms with Crippen LogP contribution in [-0.2, 0) is 4.79 Å². The van der Waals surface area contributed by atoms with E-state index >= 15 is 0 Å². The highest BCUT2D eigenvalue weighted by Crippen LogP contribution is 2.20. The summed E-state index contributed by atoms with van der Waals surface area (Å²) in [6.45, 7) is 3.59. The Balaban J connectivity index is 2.91. The van der Waals surface area contributed by atoms with E-state index in [9.17, 15) is 4.79 Å². The number of aliphatic carboxylic acids is 1. The molecule has 1 unspecified atom stereocenters. The molecule has 0 radical (unpaired) electrons. The molecule has 0 aromatic heterocycles. The maximum atomic E-state index is 10.5. The first-order valence-corrected chi connectivity index (χ1v) is 4.18. The van der Waals surface area contributed by atoms with Crippen LogP contribution in [0.15, 0.2) is 30.8 Å². The molecule has 0 amide bonds. The SMILES string of the molecule is C=Cc1ccc(C(Cl)C(=O)O)cc1. The van der Waals surface area contributed by atoms with Crippen LogP contribution in [0.25, 0.3) is 6.08 Å². The molecule has 2 nitrogen and oxygen atoms in total. The lowest BCUT2D eigenvalue weighted by Crippen LogP contribution is -2.04. The number of carboxylic acid groups (broad SMARTS) is 1. The highest BCUT2D eigenvalue weighted by atomic mass is 35.5. The van der Waals surface area contributed by atoms with Gasteiger partial charge in [-0.3, -0.25) is 4.79 Å². The van der Waals surface area contributed by atoms with E-state index in [1.54, 1.807) is 30.3 Å². The predicted molar refractivity (Wildman–Crippen MR) is 52.8 cm³/mol. The lowest BCUT2D eigenvalue weighted by molar-refractivity contribution is -0.136. The molecule has 0 aliphatic heterocycles. The molecule has 0 heterocycles. The molecular weight excluding hydrogens is 188 g/mol. The van der Waals surface area contributed by atoms with Crippen LogP contribution < -0.4 is 0 Å². The van der Waals surface area contributed by atoms with Crippen LogP contribution in [0.2, 0.25) is 0 Å². The third-order valence-electron chi connectivity index (χ3n) is 1.68. The van der Waals surface area contributed by atoms with Crippen LogP contribution in [0, 0.1) is 0 Å². The quantitative estimate of drug-likeness (QED) is 0.755. The minimum Gasteiger partial charge on any atom is -0.480 e. The summed E-state index contributed by atoms with van der Waals surface area (Å²) >= 11 is 5.61. The minimum atomic E-state index is -1.03. The lowest BCUT2D eigenvalue weighted by atomic mass is 10.1. The van der Waals surface area contributed by atoms with Crippen LogP contribution >= 0.6 is 11.6 Å². The van der Waals surface area contributed by atoms with Gasteiger partial charge in [0, 0.05) is 0 Å². The van der Waals surface area contributed by atoms with Crippen LogP contribution in [0.4, 0.5) is 0 Å². The zero-order chi connectivity index (χ0) is 9.84. The van der Waals surface area contributed by atoms with Crippen molar-refractivity contribution in [3.8, 4) is 0 Å². The van der Waals surface area contributed by atoms with Gasteiger partial charge in [-0.25, -0.2) is 0 Å². The van der Waals surface area contributed by atoms with E-state index in [-0.39, 0.29) is 0 Å². The summed E-state index contributed by atoms with van der Waals surface area (Å²) in [7, 11) is 0. The molecular formula is C10H9ClO2. The van der Waals surface area contributed by atoms with Gasteiger partial charge in [0.2, 0.25) is 0 Å². The normalized spacial score (nSPS) is 12.1. The molecule has 0 aliphatic rings. The Labute approximate surface area is 81.5 Å². The van der Waals surface area contributed by atoms with Gasteiger partial charge in [-0.15, -0.1) is 11.6 Å². The Morgan fingerprint density at radius 3 is 2.38 bits per heavy atom. The molecule has 1 aromatic rings. The number of carbonyl (C=O) groups is 1. The summed E-state index contributed by atoms with van der Waals surface area (Å²) < 4.78 is 0. The number of benzene rings is 1. The average Bonchev–Trinajstić information content (AvgIpc) is 2.17. The summed E-state index contributed by atoms with van der Waals surface area (Å²) in [5.41, 5.74) is 1.53. The van der Waals surface area contributed by atoms with Crippen LogP contribution in [-0.4, -0.2) is 11.1 Å². The predicted octanol–water partition coefficient (Wildman–Crippen LogP) is 2.69. The van der Waals surface area contributed by atoms with Crippen molar-refractivity contribution in [1.82, 2.24) is 0 Å². The second kappa shape index (κ2) is 4.10. The van der Waals surface area contributed by atoms with Crippen LogP contribution in [0.5, 0.6) is 0 Å². The Hall–Kier alpha value is -1.28. The van der Waals surface area contributed by atoms with E-state index in [2.05, 4.69) is 6.58 Å². The molecule has 3 heteroatoms. The van der Waals surface area contributed by atoms with Gasteiger partial charge in [-0.1, -0.05) is 36.9 Å². The standard InChI is InChI=1S/C10H9ClO2/c1-2-7-3-5-8(6-4-7)9(11)10(12)13/h2-6,9H,1H2,(H,12,13). The third-order valence-corrected chi connectivity index (χ3v) is 2.12. The lowest BCUT2D eigenvalue weighted by Gasteiger charge is -2.03. The zero-order valence-corrected chi connectivity index (χ0v) is 7.66. The zero-order valence-electron chi connectivity index (χ0n) is 6.90. The van der Waals surface area contributed by atoms with E-state index in [4.69, 9.17) is 16.7 Å². The van der Waals surface area contributed by atoms with Crippen molar-refractivity contribution in [2.75, 3.05) is 0 Å². The second-order valence-corrected chi connectivity index (χ2v) is 3.01. The largest absolute Gasteiger partial charge is 0.480 e. The molecule has 0 aliphatic carbocycles. The van der Waals surface area contributed by atoms with Gasteiger partial charge >= 0.3 is 5.97 Å². The Morgan fingerprint density at radius 1 is 1.46 bits per heavy atom. The highest BCUT2D eigenvalue weighted by molar-refractivity contribution is 6.29. The van der Waals surface area contributed by atoms with Gasteiger partial charge in [0.05, 0.1) is 0 Å². The van der Waals surface area contributed by atoms with Gasteiger partial charge in [0.1, 0.15) is 0 Å². The summed E-state index contributed by atoms with van der Waals surface area (Å²) in [6.07, 6.45) is 1.69. The van der Waals surface area contributed by atoms with Gasteiger partial charge in [0.15, 0.2) is 5.38 Å². The van der Waals surface area contributed by atoms with Crippen molar-refractivity contribution < 1.29 is 9.90 Å². The molecule has 1 N–H and O–H groups in total. The van der Waals surface area contributed by atoms with Crippen LogP contribution in [0.3, 0.4) is 0 Å². The average molecular weight is 197 g/mol. The molecule has 0 bridgehead atoms. The minimum absolute atomic E-state index is 0.583. The van der Waals surface area contributed by atoms with E-state index < -0.39 is 11.3 Å². The van der Waals surface area contributed by atoms with Gasteiger partial charge in [-0.2, -0.15) is 0 Å². The van der Waals surface area contributed by atoms with E-state index in [0.717, 1.165) is 5.56 Å². The van der Waals surface area contributed by atoms with Crippen molar-refractivity contribution in [3.05, 3.63) is 42.0 Å². The number of carboxylic acids is 1. The highest BCUT2D eigenvalue weighted by Gasteiger charge is 2.15. The molecule has 13 heavy (non-hydrogen) atoms. The summed E-state index contributed by atoms with van der Waals surface area (Å²) in [5.74, 6) is -1.03. The Morgan fingerprint density at radius 2 is 2.00 bits per heavy atom. The molecule has 0 saturated heterocycles. The summed E-state index contributed by atoms with van der Waals surface area (Å²) in [4.78, 5) is 10.5. The smallest absolute Gasteiger partial charge is 0.326 e. The first-order valence-electron chi connectivity index (χ1n) is 3.74. The molecule has 1 rings (SSSR count). The van der Waals surface area contributed by atoms with E-state index in [1.807, 2.05) is 0 Å². The molecule has 0 fully saturated rings. The van der Waals surface area contributed by atoms with Crippen molar-refractivity contribution >= 4 is 23.6 Å². The fourth-order valence-electron chi connectivity index (χ4n) is 0.944. The first kappa shape index (κ1) is 9.81. The van der Waals surface area contributed by atoms with Crippen molar-refractivity contribution in [3.63, 3.8) is 0 Å². The number of rotatable bonds is 3. The molecule has 68 valence electrons. The molecule has 1 aromatic carbocycles. The Bertz CT molecular complexity index is 316. The van der Waals surface area contributed by atoms with Crippen molar-refractivity contribution in [1.29, 1.82) is 0 Å². The third kappa shape index (κ3) is 2.33. The van der Waals surface area contributed by atoms with Crippen molar-refractivity contribution in [2.24, 2.45) is 0 Å². The maximum absolute atomic E-state index is 10.5. The number of hydrogen-bond acceptors (Lipinski definition) is 1. The Kier molecular flexibility index (Phi) is 3.09. The summed E-state index contributed by atoms with van der Waals surface area (Å²) in [6, 6.07) is 6.92. The molecule has 0 saturated carbocycles. The number of halogens is 1. The van der Waals surface area contributed by atoms with Gasteiger partial charge in [0.25, 0.3) is 0 Å². The van der Waals surface area contributed by atoms with E-state index in [1.165, 1.54) is 0 Å². The van der Waals surface area contributed by atoms with Crippen LogP contribution in [0.1, 0.15) is 16.5 Å². The monoisotopic (exact) mass is 196 g/mol. The number of alkyl halides is 1. The fraction of sp³-hybridized carbons (Fsp3) is 0.100. The fourth-order valence-corrected chi connectivity index (χ4v) is 1.09.